The Morgan fingerprint density at radius 1 is 1.31 bits per heavy atom. The Morgan fingerprint density at radius 2 is 2.00 bits per heavy atom. The molecular formula is C12H12BrNO2. The molecule has 0 fully saturated rings. The summed E-state index contributed by atoms with van der Waals surface area (Å²) in [5.41, 5.74) is 0.704. The molecule has 0 saturated carbocycles. The number of halogens is 1. The summed E-state index contributed by atoms with van der Waals surface area (Å²) in [4.78, 5) is 11.1. The summed E-state index contributed by atoms with van der Waals surface area (Å²) in [6.07, 6.45) is 1.80. The fourth-order valence-corrected chi connectivity index (χ4v) is 1.69. The first-order valence-electron chi connectivity index (χ1n) is 4.78. The number of fused-ring (bicyclic) bond motifs is 1. The van der Waals surface area contributed by atoms with E-state index < -0.39 is 0 Å². The van der Waals surface area contributed by atoms with Crippen LogP contribution in [0, 0.1) is 0 Å². The monoisotopic (exact) mass is 281 g/mol. The first kappa shape index (κ1) is 12.6. The van der Waals surface area contributed by atoms with Crippen LogP contribution < -0.4 is 21.5 Å². The van der Waals surface area contributed by atoms with Crippen LogP contribution in [0.4, 0.5) is 0 Å². The number of benzene rings is 1. The van der Waals surface area contributed by atoms with Gasteiger partial charge in [-0.25, -0.2) is 0 Å². The number of pyridine rings is 1. The fourth-order valence-electron chi connectivity index (χ4n) is 1.69. The zero-order valence-electron chi connectivity index (χ0n) is 8.85. The highest BCUT2D eigenvalue weighted by atomic mass is 79.9. The number of rotatable bonds is 2. The number of carbonyl (C=O) groups is 1. The maximum atomic E-state index is 11.1. The van der Waals surface area contributed by atoms with Gasteiger partial charge in [0.2, 0.25) is 6.54 Å². The predicted molar refractivity (Wildman–Crippen MR) is 56.5 cm³/mol. The molecule has 1 aromatic carbocycles. The lowest BCUT2D eigenvalue weighted by atomic mass is 10.2. The van der Waals surface area contributed by atoms with Crippen molar-refractivity contribution in [2.45, 2.75) is 13.5 Å². The van der Waals surface area contributed by atoms with Crippen molar-refractivity contribution in [2.24, 2.45) is 0 Å². The molecule has 1 N–H and O–H groups in total. The molecule has 3 nitrogen and oxygen atoms in total. The first-order valence-corrected chi connectivity index (χ1v) is 4.78. The topological polar surface area (TPSA) is 41.2 Å². The highest BCUT2D eigenvalue weighted by Gasteiger charge is 2.13. The van der Waals surface area contributed by atoms with Gasteiger partial charge in [0.15, 0.2) is 17.7 Å². The summed E-state index contributed by atoms with van der Waals surface area (Å²) in [5, 5.41) is 10.7. The van der Waals surface area contributed by atoms with E-state index in [1.54, 1.807) is 22.9 Å². The number of aromatic hydroxyl groups is 1. The Hall–Kier alpha value is -1.42. The summed E-state index contributed by atoms with van der Waals surface area (Å²) >= 11 is 0. The molecule has 84 valence electrons. The molecule has 0 unspecified atom stereocenters. The van der Waals surface area contributed by atoms with E-state index in [0.717, 1.165) is 5.39 Å². The van der Waals surface area contributed by atoms with Crippen molar-refractivity contribution < 1.29 is 31.4 Å². The van der Waals surface area contributed by atoms with Gasteiger partial charge in [-0.05, 0) is 18.2 Å². The molecule has 0 amide bonds. The Labute approximate surface area is 104 Å². The van der Waals surface area contributed by atoms with Gasteiger partial charge in [-0.1, -0.05) is 6.07 Å². The fraction of sp³-hybridized carbons (Fsp3) is 0.167. The van der Waals surface area contributed by atoms with Crippen LogP contribution in [-0.2, 0) is 11.3 Å². The molecule has 0 aliphatic heterocycles. The number of ketones is 1. The normalized spacial score (nSPS) is 9.81. The molecule has 16 heavy (non-hydrogen) atoms. The van der Waals surface area contributed by atoms with E-state index >= 15 is 0 Å². The Bertz CT molecular complexity index is 520. The van der Waals surface area contributed by atoms with Crippen LogP contribution in [0.5, 0.6) is 5.75 Å². The third-order valence-electron chi connectivity index (χ3n) is 2.27. The summed E-state index contributed by atoms with van der Waals surface area (Å²) in [6.45, 7) is 1.82. The van der Waals surface area contributed by atoms with E-state index in [0.29, 0.717) is 5.52 Å². The second-order valence-corrected chi connectivity index (χ2v) is 3.55. The first-order chi connectivity index (χ1) is 7.18. The number of para-hydroxylation sites is 1. The van der Waals surface area contributed by atoms with Crippen LogP contribution in [0.1, 0.15) is 6.92 Å². The predicted octanol–water partition coefficient (Wildman–Crippen LogP) is -1.57. The van der Waals surface area contributed by atoms with Crippen LogP contribution in [-0.4, -0.2) is 10.9 Å². The minimum atomic E-state index is 0. The number of hydrogen-bond acceptors (Lipinski definition) is 2. The summed E-state index contributed by atoms with van der Waals surface area (Å²) in [6, 6.07) is 9.09. The second-order valence-electron chi connectivity index (χ2n) is 3.55. The maximum absolute atomic E-state index is 11.1. The molecule has 2 aromatic rings. The smallest absolute Gasteiger partial charge is 0.255 e. The van der Waals surface area contributed by atoms with Crippen LogP contribution in [0.25, 0.3) is 10.9 Å². The van der Waals surface area contributed by atoms with Gasteiger partial charge in [0.25, 0.3) is 5.52 Å². The number of nitrogens with zero attached hydrogens (tertiary/aromatic N) is 1. The van der Waals surface area contributed by atoms with E-state index in [2.05, 4.69) is 0 Å². The van der Waals surface area contributed by atoms with Gasteiger partial charge < -0.3 is 22.1 Å². The lowest BCUT2D eigenvalue weighted by Crippen LogP contribution is -3.00. The molecule has 2 rings (SSSR count). The van der Waals surface area contributed by atoms with Gasteiger partial charge in [-0.15, -0.1) is 0 Å². The number of carbonyl (C=O) groups excluding carboxylic acids is 1. The Balaban J connectivity index is 0.00000128. The van der Waals surface area contributed by atoms with Crippen molar-refractivity contribution >= 4 is 16.7 Å². The molecule has 4 heteroatoms. The van der Waals surface area contributed by atoms with Gasteiger partial charge in [0.1, 0.15) is 0 Å². The lowest BCUT2D eigenvalue weighted by molar-refractivity contribution is -0.658. The third-order valence-corrected chi connectivity index (χ3v) is 2.27. The van der Waals surface area contributed by atoms with Crippen molar-refractivity contribution in [3.8, 4) is 5.75 Å². The third kappa shape index (κ3) is 2.39. The van der Waals surface area contributed by atoms with Crippen molar-refractivity contribution in [1.82, 2.24) is 0 Å². The van der Waals surface area contributed by atoms with E-state index in [1.807, 2.05) is 18.2 Å². The molecule has 0 spiro atoms. The molecule has 1 heterocycles. The maximum Gasteiger partial charge on any atom is 0.255 e. The molecule has 0 atom stereocenters. The number of Topliss-reactive ketones (excluding diaryl/α,β-unsaturated/α-hetero) is 1. The Morgan fingerprint density at radius 3 is 2.69 bits per heavy atom. The highest BCUT2D eigenvalue weighted by Crippen LogP contribution is 2.19. The summed E-state index contributed by atoms with van der Waals surface area (Å²) in [7, 11) is 0. The van der Waals surface area contributed by atoms with Crippen LogP contribution >= 0.6 is 0 Å². The van der Waals surface area contributed by atoms with Gasteiger partial charge >= 0.3 is 0 Å². The van der Waals surface area contributed by atoms with E-state index in [-0.39, 0.29) is 35.1 Å². The van der Waals surface area contributed by atoms with Gasteiger partial charge in [0.05, 0.1) is 5.39 Å². The van der Waals surface area contributed by atoms with Gasteiger partial charge in [-0.2, -0.15) is 4.57 Å². The average Bonchev–Trinajstić information content (AvgIpc) is 2.17. The number of hydrogen-bond donors (Lipinski definition) is 1. The minimum absolute atomic E-state index is 0. The quantitative estimate of drug-likeness (QED) is 0.676. The molecule has 1 aromatic heterocycles. The van der Waals surface area contributed by atoms with Gasteiger partial charge in [0, 0.05) is 13.0 Å². The van der Waals surface area contributed by atoms with Crippen LogP contribution in [0.2, 0.25) is 0 Å². The number of phenolic OH excluding ortho intramolecular Hbond substituents is 1. The van der Waals surface area contributed by atoms with Crippen molar-refractivity contribution in [1.29, 1.82) is 0 Å². The van der Waals surface area contributed by atoms with Crippen molar-refractivity contribution in [2.75, 3.05) is 0 Å². The largest absolute Gasteiger partial charge is 1.00 e. The highest BCUT2D eigenvalue weighted by molar-refractivity contribution is 5.81. The minimum Gasteiger partial charge on any atom is -1.00 e. The molecular weight excluding hydrogens is 270 g/mol. The standard InChI is InChI=1S/C12H11NO2.BrH/c1-9(14)8-13-7-3-5-10-4-2-6-11(15)12(10)13;/h2-7H,8H2,1H3;1H. The van der Waals surface area contributed by atoms with E-state index in [1.165, 1.54) is 6.92 Å². The molecule has 0 saturated heterocycles. The Kier molecular flexibility index (Phi) is 4.01. The zero-order valence-corrected chi connectivity index (χ0v) is 10.4. The van der Waals surface area contributed by atoms with Crippen molar-refractivity contribution in [3.05, 3.63) is 36.5 Å². The zero-order chi connectivity index (χ0) is 10.8. The SMILES string of the molecule is CC(=O)C[n+]1cccc2cccc(O)c21.[Br-]. The van der Waals surface area contributed by atoms with Crippen LogP contribution in [0.3, 0.4) is 0 Å². The van der Waals surface area contributed by atoms with Crippen molar-refractivity contribution in [3.63, 3.8) is 0 Å². The molecule has 0 aliphatic carbocycles. The molecule has 0 radical (unpaired) electrons. The van der Waals surface area contributed by atoms with Gasteiger partial charge in [-0.3, -0.25) is 4.79 Å². The molecule has 0 aliphatic rings. The summed E-state index contributed by atoms with van der Waals surface area (Å²) < 4.78 is 1.76. The molecule has 0 bridgehead atoms. The van der Waals surface area contributed by atoms with E-state index in [4.69, 9.17) is 0 Å². The second kappa shape index (κ2) is 5.07. The summed E-state index contributed by atoms with van der Waals surface area (Å²) in [5.74, 6) is 0.269. The number of aromatic nitrogens is 1. The van der Waals surface area contributed by atoms with E-state index in [9.17, 15) is 9.90 Å². The lowest BCUT2D eigenvalue weighted by Gasteiger charge is -2.00. The average molecular weight is 282 g/mol. The van der Waals surface area contributed by atoms with Crippen LogP contribution in [0.15, 0.2) is 36.5 Å². The number of phenols is 1.